The number of hydrogen-bond acceptors (Lipinski definition) is 4. The number of fused-ring (bicyclic) bond motifs is 1. The highest BCUT2D eigenvalue weighted by atomic mass is 19.2. The number of para-hydroxylation sites is 2. The highest BCUT2D eigenvalue weighted by Gasteiger charge is 2.23. The average Bonchev–Trinajstić information content (AvgIpc) is 2.64. The van der Waals surface area contributed by atoms with E-state index in [2.05, 4.69) is 5.32 Å². The van der Waals surface area contributed by atoms with Crippen LogP contribution in [0.5, 0.6) is 11.5 Å². The Kier molecular flexibility index (Phi) is 5.68. The Morgan fingerprint density at radius 1 is 1.19 bits per heavy atom. The summed E-state index contributed by atoms with van der Waals surface area (Å²) in [6.45, 7) is 3.58. The fourth-order valence-electron chi connectivity index (χ4n) is 2.72. The molecule has 0 saturated carbocycles. The van der Waals surface area contributed by atoms with E-state index >= 15 is 0 Å². The van der Waals surface area contributed by atoms with Crippen LogP contribution in [-0.4, -0.2) is 43.2 Å². The van der Waals surface area contributed by atoms with Crippen molar-refractivity contribution >= 4 is 11.6 Å². The normalized spacial score (nSPS) is 15.8. The maximum Gasteiger partial charge on any atom is 0.238 e. The largest absolute Gasteiger partial charge is 0.486 e. The zero-order chi connectivity index (χ0) is 18.5. The van der Waals surface area contributed by atoms with Crippen LogP contribution in [0.25, 0.3) is 0 Å². The van der Waals surface area contributed by atoms with Gasteiger partial charge in [-0.05, 0) is 30.8 Å². The highest BCUT2D eigenvalue weighted by Crippen LogP contribution is 2.31. The van der Waals surface area contributed by atoms with E-state index in [0.717, 1.165) is 12.1 Å². The lowest BCUT2D eigenvalue weighted by Gasteiger charge is -2.30. The molecule has 0 fully saturated rings. The molecule has 1 N–H and O–H groups in total. The lowest BCUT2D eigenvalue weighted by atomic mass is 10.2. The first-order valence-corrected chi connectivity index (χ1v) is 8.41. The molecule has 1 unspecified atom stereocenters. The predicted octanol–water partition coefficient (Wildman–Crippen LogP) is 3.07. The predicted molar refractivity (Wildman–Crippen MR) is 93.5 cm³/mol. The van der Waals surface area contributed by atoms with Crippen LogP contribution in [0.3, 0.4) is 0 Å². The number of hydrogen-bond donors (Lipinski definition) is 1. The first-order chi connectivity index (χ1) is 12.5. The number of carbonyl (C=O) groups excluding carboxylic acids is 1. The van der Waals surface area contributed by atoms with E-state index in [0.29, 0.717) is 31.2 Å². The van der Waals surface area contributed by atoms with Crippen LogP contribution in [-0.2, 0) is 4.79 Å². The molecule has 0 spiro atoms. The molecule has 0 saturated heterocycles. The molecule has 2 aromatic carbocycles. The van der Waals surface area contributed by atoms with Gasteiger partial charge in [-0.2, -0.15) is 0 Å². The van der Waals surface area contributed by atoms with Gasteiger partial charge in [0.15, 0.2) is 23.1 Å². The molecule has 0 aliphatic carbocycles. The molecule has 1 heterocycles. The van der Waals surface area contributed by atoms with Gasteiger partial charge in [0.1, 0.15) is 12.7 Å². The van der Waals surface area contributed by atoms with Crippen LogP contribution in [0, 0.1) is 11.6 Å². The summed E-state index contributed by atoms with van der Waals surface area (Å²) in [5, 5.41) is 2.57. The summed E-state index contributed by atoms with van der Waals surface area (Å²) in [6, 6.07) is 10.7. The zero-order valence-electron chi connectivity index (χ0n) is 14.4. The minimum absolute atomic E-state index is 0.108. The van der Waals surface area contributed by atoms with Crippen molar-refractivity contribution in [1.29, 1.82) is 0 Å². The molecule has 7 heteroatoms. The fraction of sp³-hybridized carbons (Fsp3) is 0.316. The van der Waals surface area contributed by atoms with Crippen LogP contribution in [0.2, 0.25) is 0 Å². The second-order valence-electron chi connectivity index (χ2n) is 6.00. The van der Waals surface area contributed by atoms with Crippen LogP contribution in [0.1, 0.15) is 6.92 Å². The molecule has 1 atom stereocenters. The second-order valence-corrected chi connectivity index (χ2v) is 6.00. The smallest absolute Gasteiger partial charge is 0.238 e. The first-order valence-electron chi connectivity index (χ1n) is 8.41. The number of carbonyl (C=O) groups is 1. The Bertz CT molecular complexity index is 785. The molecule has 26 heavy (non-hydrogen) atoms. The van der Waals surface area contributed by atoms with Gasteiger partial charge < -0.3 is 14.8 Å². The maximum atomic E-state index is 13.2. The topological polar surface area (TPSA) is 50.8 Å². The highest BCUT2D eigenvalue weighted by molar-refractivity contribution is 5.92. The molecule has 0 bridgehead atoms. The molecule has 0 radical (unpaired) electrons. The van der Waals surface area contributed by atoms with Crippen molar-refractivity contribution in [3.63, 3.8) is 0 Å². The minimum Gasteiger partial charge on any atom is -0.486 e. The number of halogens is 2. The van der Waals surface area contributed by atoms with Gasteiger partial charge in [0.25, 0.3) is 0 Å². The summed E-state index contributed by atoms with van der Waals surface area (Å²) in [4.78, 5) is 14.1. The number of likely N-dealkylation sites (N-methyl/N-ethyl adjacent to an activating group) is 1. The number of amides is 1. The Labute approximate surface area is 150 Å². The number of benzene rings is 2. The van der Waals surface area contributed by atoms with Crippen molar-refractivity contribution in [1.82, 2.24) is 4.90 Å². The van der Waals surface area contributed by atoms with E-state index in [1.807, 2.05) is 36.1 Å². The van der Waals surface area contributed by atoms with Gasteiger partial charge in [-0.25, -0.2) is 8.78 Å². The van der Waals surface area contributed by atoms with Gasteiger partial charge in [-0.1, -0.05) is 19.1 Å². The molecule has 3 rings (SSSR count). The van der Waals surface area contributed by atoms with E-state index in [1.54, 1.807) is 0 Å². The number of ether oxygens (including phenoxy) is 2. The molecule has 1 aliphatic rings. The van der Waals surface area contributed by atoms with Gasteiger partial charge in [0, 0.05) is 18.3 Å². The number of nitrogens with zero attached hydrogens (tertiary/aromatic N) is 1. The maximum absolute atomic E-state index is 13.2. The Hall–Kier alpha value is -2.67. The Morgan fingerprint density at radius 3 is 2.69 bits per heavy atom. The van der Waals surface area contributed by atoms with Gasteiger partial charge in [-0.15, -0.1) is 0 Å². The zero-order valence-corrected chi connectivity index (χ0v) is 14.4. The minimum atomic E-state index is -0.999. The van der Waals surface area contributed by atoms with Crippen LogP contribution in [0.15, 0.2) is 42.5 Å². The summed E-state index contributed by atoms with van der Waals surface area (Å²) in [7, 11) is 0. The van der Waals surface area contributed by atoms with Crippen LogP contribution in [0.4, 0.5) is 14.5 Å². The van der Waals surface area contributed by atoms with E-state index in [-0.39, 0.29) is 24.2 Å². The Balaban J connectivity index is 1.54. The molecule has 1 aliphatic heterocycles. The van der Waals surface area contributed by atoms with Crippen molar-refractivity contribution in [3.8, 4) is 11.5 Å². The quantitative estimate of drug-likeness (QED) is 0.858. The lowest BCUT2D eigenvalue weighted by Crippen LogP contribution is -2.43. The van der Waals surface area contributed by atoms with Crippen molar-refractivity contribution in [2.45, 2.75) is 13.0 Å². The summed E-state index contributed by atoms with van der Waals surface area (Å²) in [6.07, 6.45) is -0.194. The summed E-state index contributed by atoms with van der Waals surface area (Å²) in [5.74, 6) is -0.863. The van der Waals surface area contributed by atoms with Crippen LogP contribution >= 0.6 is 0 Å². The second kappa shape index (κ2) is 8.14. The van der Waals surface area contributed by atoms with Gasteiger partial charge in [-0.3, -0.25) is 9.69 Å². The SMILES string of the molecule is CCN(CC(=O)Nc1ccc(F)c(F)c1)CC1COc2ccccc2O1. The third kappa shape index (κ3) is 4.49. The lowest BCUT2D eigenvalue weighted by molar-refractivity contribution is -0.117. The third-order valence-corrected chi connectivity index (χ3v) is 4.05. The fourth-order valence-corrected chi connectivity index (χ4v) is 2.72. The van der Waals surface area contributed by atoms with Crippen molar-refractivity contribution < 1.29 is 23.0 Å². The van der Waals surface area contributed by atoms with Gasteiger partial charge in [0.2, 0.25) is 5.91 Å². The van der Waals surface area contributed by atoms with Gasteiger partial charge in [0.05, 0.1) is 6.54 Å². The van der Waals surface area contributed by atoms with E-state index < -0.39 is 11.6 Å². The van der Waals surface area contributed by atoms with Gasteiger partial charge >= 0.3 is 0 Å². The third-order valence-electron chi connectivity index (χ3n) is 4.05. The molecule has 138 valence electrons. The molecule has 1 amide bonds. The molecule has 0 aromatic heterocycles. The molecule has 5 nitrogen and oxygen atoms in total. The van der Waals surface area contributed by atoms with Crippen LogP contribution < -0.4 is 14.8 Å². The van der Waals surface area contributed by atoms with Crippen molar-refractivity contribution in [3.05, 3.63) is 54.1 Å². The first kappa shape index (κ1) is 18.1. The van der Waals surface area contributed by atoms with E-state index in [9.17, 15) is 13.6 Å². The Morgan fingerprint density at radius 2 is 1.96 bits per heavy atom. The van der Waals surface area contributed by atoms with Crippen molar-refractivity contribution in [2.24, 2.45) is 0 Å². The summed E-state index contributed by atoms with van der Waals surface area (Å²) >= 11 is 0. The molecule has 2 aromatic rings. The summed E-state index contributed by atoms with van der Waals surface area (Å²) < 4.78 is 37.7. The number of rotatable bonds is 6. The monoisotopic (exact) mass is 362 g/mol. The number of anilines is 1. The van der Waals surface area contributed by atoms with E-state index in [1.165, 1.54) is 6.07 Å². The van der Waals surface area contributed by atoms with Crippen molar-refractivity contribution in [2.75, 3.05) is 31.6 Å². The average molecular weight is 362 g/mol. The van der Waals surface area contributed by atoms with E-state index in [4.69, 9.17) is 9.47 Å². The summed E-state index contributed by atoms with van der Waals surface area (Å²) in [5.41, 5.74) is 0.219. The molecular formula is C19H20F2N2O3. The molecular weight excluding hydrogens is 342 g/mol. The standard InChI is InChI=1S/C19H20F2N2O3/c1-2-23(10-14-12-25-17-5-3-4-6-18(17)26-14)11-19(24)22-13-7-8-15(20)16(21)9-13/h3-9,14H,2,10-12H2,1H3,(H,22,24). The number of nitrogens with one attached hydrogen (secondary N) is 1.